The van der Waals surface area contributed by atoms with Crippen LogP contribution < -0.4 is 5.32 Å². The first-order valence-corrected chi connectivity index (χ1v) is 9.44. The Bertz CT molecular complexity index is 625. The lowest BCUT2D eigenvalue weighted by Crippen LogP contribution is -2.57. The number of hydrogen-bond donors (Lipinski definition) is 1. The summed E-state index contributed by atoms with van der Waals surface area (Å²) in [6.07, 6.45) is 3.07. The maximum absolute atomic E-state index is 12.5. The predicted octanol–water partition coefficient (Wildman–Crippen LogP) is 4.52. The number of carbonyl (C=O) groups excluding carboxylic acids is 1. The second-order valence-electron chi connectivity index (χ2n) is 9.11. The Morgan fingerprint density at radius 3 is 2.52 bits per heavy atom. The molecular weight excluding hydrogens is 312 g/mol. The number of fused-ring (bicyclic) bond motifs is 1. The maximum Gasteiger partial charge on any atom is 0.408 e. The molecule has 3 atom stereocenters. The third-order valence-corrected chi connectivity index (χ3v) is 6.08. The van der Waals surface area contributed by atoms with Gasteiger partial charge in [0.15, 0.2) is 0 Å². The van der Waals surface area contributed by atoms with Gasteiger partial charge in [0, 0.05) is 24.5 Å². The number of benzene rings is 1. The fourth-order valence-corrected chi connectivity index (χ4v) is 4.64. The Labute approximate surface area is 151 Å². The van der Waals surface area contributed by atoms with Gasteiger partial charge in [-0.25, -0.2) is 4.79 Å². The molecule has 0 radical (unpaired) electrons. The summed E-state index contributed by atoms with van der Waals surface area (Å²) in [7, 11) is 0. The molecule has 4 heteroatoms. The van der Waals surface area contributed by atoms with Crippen molar-refractivity contribution >= 4 is 6.09 Å². The topological polar surface area (TPSA) is 41.6 Å². The minimum atomic E-state index is -0.467. The van der Waals surface area contributed by atoms with Gasteiger partial charge in [0.1, 0.15) is 5.60 Å². The van der Waals surface area contributed by atoms with Crippen molar-refractivity contribution in [1.82, 2.24) is 10.2 Å². The van der Waals surface area contributed by atoms with E-state index >= 15 is 0 Å². The molecule has 1 N–H and O–H groups in total. The number of amides is 1. The quantitative estimate of drug-likeness (QED) is 0.877. The summed E-state index contributed by atoms with van der Waals surface area (Å²) in [4.78, 5) is 15.0. The Kier molecular flexibility index (Phi) is 4.61. The highest BCUT2D eigenvalue weighted by Crippen LogP contribution is 2.53. The zero-order chi connectivity index (χ0) is 18.3. The molecule has 1 saturated heterocycles. The lowest BCUT2D eigenvalue weighted by Gasteiger charge is -2.38. The Morgan fingerprint density at radius 2 is 1.88 bits per heavy atom. The second-order valence-corrected chi connectivity index (χ2v) is 9.11. The van der Waals surface area contributed by atoms with E-state index in [9.17, 15) is 4.79 Å². The van der Waals surface area contributed by atoms with Gasteiger partial charge in [-0.1, -0.05) is 43.7 Å². The van der Waals surface area contributed by atoms with Gasteiger partial charge >= 0.3 is 6.09 Å². The molecular formula is C21H32N2O2. The molecule has 1 aromatic carbocycles. The van der Waals surface area contributed by atoms with Crippen LogP contribution in [0.5, 0.6) is 0 Å². The van der Waals surface area contributed by atoms with Gasteiger partial charge in [0.2, 0.25) is 0 Å². The number of nitrogens with one attached hydrogen (secondary N) is 1. The summed E-state index contributed by atoms with van der Waals surface area (Å²) in [5, 5.41) is 3.28. The van der Waals surface area contributed by atoms with Gasteiger partial charge in [-0.15, -0.1) is 0 Å². The predicted molar refractivity (Wildman–Crippen MR) is 100 cm³/mol. The first-order chi connectivity index (χ1) is 11.6. The molecule has 1 amide bonds. The van der Waals surface area contributed by atoms with Gasteiger partial charge in [0.25, 0.3) is 0 Å². The summed E-state index contributed by atoms with van der Waals surface area (Å²) in [6.45, 7) is 12.2. The highest BCUT2D eigenvalue weighted by molar-refractivity contribution is 5.69. The van der Waals surface area contributed by atoms with Crippen LogP contribution in [0.25, 0.3) is 0 Å². The summed E-state index contributed by atoms with van der Waals surface area (Å²) in [5.74, 6) is 0. The molecule has 138 valence electrons. The second kappa shape index (κ2) is 6.31. The molecule has 2 aliphatic rings. The normalized spacial score (nSPS) is 30.8. The number of alkyl carbamates (subject to hydrolysis) is 1. The number of hydrogen-bond acceptors (Lipinski definition) is 3. The average Bonchev–Trinajstić information content (AvgIpc) is 2.94. The minimum absolute atomic E-state index is 0.104. The largest absolute Gasteiger partial charge is 0.444 e. The van der Waals surface area contributed by atoms with Gasteiger partial charge in [-0.05, 0) is 46.1 Å². The summed E-state index contributed by atoms with van der Waals surface area (Å²) >= 11 is 0. The molecule has 0 aromatic heterocycles. The number of ether oxygens (including phenoxy) is 1. The highest BCUT2D eigenvalue weighted by Gasteiger charge is 2.59. The van der Waals surface area contributed by atoms with Gasteiger partial charge < -0.3 is 10.1 Å². The third kappa shape index (κ3) is 3.55. The van der Waals surface area contributed by atoms with Crippen molar-refractivity contribution in [2.75, 3.05) is 13.1 Å². The molecule has 1 aliphatic heterocycles. The van der Waals surface area contributed by atoms with Crippen molar-refractivity contribution in [3.63, 3.8) is 0 Å². The van der Waals surface area contributed by atoms with Crippen LogP contribution in [0.1, 0.15) is 65.5 Å². The molecule has 1 aromatic rings. The van der Waals surface area contributed by atoms with Gasteiger partial charge in [0.05, 0.1) is 5.54 Å². The molecule has 0 unspecified atom stereocenters. The number of likely N-dealkylation sites (tertiary alicyclic amines) is 1. The highest BCUT2D eigenvalue weighted by atomic mass is 16.6. The van der Waals surface area contributed by atoms with Crippen LogP contribution in [-0.4, -0.2) is 35.2 Å². The van der Waals surface area contributed by atoms with Crippen LogP contribution in [0.2, 0.25) is 0 Å². The van der Waals surface area contributed by atoms with Crippen LogP contribution in [0.3, 0.4) is 0 Å². The monoisotopic (exact) mass is 344 g/mol. The molecule has 1 aliphatic carbocycles. The molecule has 2 fully saturated rings. The summed E-state index contributed by atoms with van der Waals surface area (Å²) in [5.41, 5.74) is 0.787. The van der Waals surface area contributed by atoms with Crippen molar-refractivity contribution < 1.29 is 9.53 Å². The molecule has 25 heavy (non-hydrogen) atoms. The van der Waals surface area contributed by atoms with Crippen LogP contribution in [-0.2, 0) is 4.74 Å². The standard InChI is InChI=1S/C21H32N2O2/c1-16(17-10-7-6-8-11-17)23-14-20(5)12-9-13-21(20,15-23)22-18(24)25-19(2,3)4/h6-8,10-11,16H,9,12-15H2,1-5H3,(H,22,24)/t16-,20-,21-/m1/s1. The van der Waals surface area contributed by atoms with Crippen molar-refractivity contribution in [3.8, 4) is 0 Å². The molecule has 0 spiro atoms. The number of nitrogens with zero attached hydrogens (tertiary/aromatic N) is 1. The van der Waals surface area contributed by atoms with E-state index in [0.29, 0.717) is 6.04 Å². The van der Waals surface area contributed by atoms with Gasteiger partial charge in [-0.2, -0.15) is 0 Å². The van der Waals surface area contributed by atoms with Crippen LogP contribution >= 0.6 is 0 Å². The van der Waals surface area contributed by atoms with Crippen LogP contribution in [0.4, 0.5) is 4.79 Å². The number of rotatable bonds is 3. The number of carbonyl (C=O) groups is 1. The third-order valence-electron chi connectivity index (χ3n) is 6.08. The fraction of sp³-hybridized carbons (Fsp3) is 0.667. The van der Waals surface area contributed by atoms with E-state index in [-0.39, 0.29) is 17.0 Å². The Morgan fingerprint density at radius 1 is 1.20 bits per heavy atom. The molecule has 1 saturated carbocycles. The van der Waals surface area contributed by atoms with Gasteiger partial charge in [-0.3, -0.25) is 4.90 Å². The van der Waals surface area contributed by atoms with E-state index in [4.69, 9.17) is 4.74 Å². The molecule has 0 bridgehead atoms. The fourth-order valence-electron chi connectivity index (χ4n) is 4.64. The lowest BCUT2D eigenvalue weighted by atomic mass is 9.76. The van der Waals surface area contributed by atoms with E-state index in [2.05, 4.69) is 54.4 Å². The van der Waals surface area contributed by atoms with Crippen LogP contribution in [0, 0.1) is 5.41 Å². The Hall–Kier alpha value is -1.55. The molecule has 3 rings (SSSR count). The van der Waals surface area contributed by atoms with Crippen molar-refractivity contribution in [2.45, 2.75) is 71.1 Å². The van der Waals surface area contributed by atoms with E-state index in [1.165, 1.54) is 12.0 Å². The average molecular weight is 344 g/mol. The van der Waals surface area contributed by atoms with E-state index in [1.54, 1.807) is 0 Å². The molecule has 4 nitrogen and oxygen atoms in total. The smallest absolute Gasteiger partial charge is 0.408 e. The zero-order valence-electron chi connectivity index (χ0n) is 16.3. The minimum Gasteiger partial charge on any atom is -0.444 e. The summed E-state index contributed by atoms with van der Waals surface area (Å²) in [6, 6.07) is 11.0. The lowest BCUT2D eigenvalue weighted by molar-refractivity contribution is 0.0404. The van der Waals surface area contributed by atoms with Crippen LogP contribution in [0.15, 0.2) is 30.3 Å². The van der Waals surface area contributed by atoms with Crippen molar-refractivity contribution in [3.05, 3.63) is 35.9 Å². The zero-order valence-corrected chi connectivity index (χ0v) is 16.3. The van der Waals surface area contributed by atoms with E-state index in [1.807, 2.05) is 20.8 Å². The Balaban J connectivity index is 1.78. The van der Waals surface area contributed by atoms with E-state index < -0.39 is 5.60 Å². The molecule has 1 heterocycles. The van der Waals surface area contributed by atoms with E-state index in [0.717, 1.165) is 25.9 Å². The van der Waals surface area contributed by atoms with Crippen molar-refractivity contribution in [1.29, 1.82) is 0 Å². The first kappa shape index (κ1) is 18.2. The van der Waals surface area contributed by atoms with Crippen molar-refractivity contribution in [2.24, 2.45) is 5.41 Å². The maximum atomic E-state index is 12.5. The first-order valence-electron chi connectivity index (χ1n) is 9.44. The SMILES string of the molecule is C[C@H](c1ccccc1)N1C[C@@]2(C)CCC[C@@]2(NC(=O)OC(C)(C)C)C1. The summed E-state index contributed by atoms with van der Waals surface area (Å²) < 4.78 is 5.56.